The molecular formula is C48H43N9O5S. The number of anilines is 2. The van der Waals surface area contributed by atoms with Gasteiger partial charge < -0.3 is 29.8 Å². The summed E-state index contributed by atoms with van der Waals surface area (Å²) in [6, 6.07) is 30.0. The number of amides is 1. The number of aromatic nitrogens is 7. The Hall–Kier alpha value is -7.10. The number of ether oxygens (including phenoxy) is 2. The Morgan fingerprint density at radius 1 is 0.746 bits per heavy atom. The average Bonchev–Trinajstić information content (AvgIpc) is 3.94. The summed E-state index contributed by atoms with van der Waals surface area (Å²) in [5.41, 5.74) is 5.77. The highest BCUT2D eigenvalue weighted by molar-refractivity contribution is 7.22. The highest BCUT2D eigenvalue weighted by atomic mass is 32.1. The SMILES string of the molecule is O=C(c1ccc(Oc2nccnc2C2CCN(C(=O)Cc3cnc(C4CCCC(O)C4)c(Oc4ccc(Nc5nc6ccccc6s5)cc4)n3)CC2)cc1)c1nc2ccccc2[nH]1. The number of imidazole rings is 1. The van der Waals surface area contributed by atoms with Crippen molar-refractivity contribution in [1.29, 1.82) is 0 Å². The topological polar surface area (TPSA) is 181 Å². The van der Waals surface area contributed by atoms with Crippen LogP contribution in [0.5, 0.6) is 23.3 Å². The van der Waals surface area contributed by atoms with Crippen molar-refractivity contribution < 1.29 is 24.2 Å². The van der Waals surface area contributed by atoms with Crippen molar-refractivity contribution in [2.45, 2.75) is 62.9 Å². The maximum atomic E-state index is 13.8. The molecule has 1 amide bonds. The summed E-state index contributed by atoms with van der Waals surface area (Å²) >= 11 is 1.59. The standard InChI is InChI=1S/C48H43N9O5S/c58-34-7-5-6-31(26-34)43-47(62-36-18-14-32(15-19-36)53-48-56-39-10-3-4-11-40(39)63-48)52-33(28-51-43)27-41(59)57-24-20-29(21-25-57)42-46(50-23-22-49-42)61-35-16-12-30(13-17-35)44(60)45-54-37-8-1-2-9-38(37)55-45/h1-4,8-19,22-23,28-29,31,34,58H,5-7,20-21,24-27H2,(H,53,56)(H,54,55). The van der Waals surface area contributed by atoms with Gasteiger partial charge in [-0.25, -0.2) is 19.9 Å². The van der Waals surface area contributed by atoms with Gasteiger partial charge in [-0.2, -0.15) is 0 Å². The van der Waals surface area contributed by atoms with Gasteiger partial charge in [0, 0.05) is 54.8 Å². The smallest absolute Gasteiger partial charge is 0.241 e. The molecule has 14 nitrogen and oxygen atoms in total. The molecule has 1 aliphatic heterocycles. The van der Waals surface area contributed by atoms with Gasteiger partial charge in [0.1, 0.15) is 22.9 Å². The second-order valence-corrected chi connectivity index (χ2v) is 17.0. The van der Waals surface area contributed by atoms with Crippen molar-refractivity contribution in [2.75, 3.05) is 18.4 Å². The van der Waals surface area contributed by atoms with E-state index in [0.717, 1.165) is 57.0 Å². The number of aliphatic hydroxyl groups excluding tert-OH is 1. The Morgan fingerprint density at radius 2 is 1.46 bits per heavy atom. The van der Waals surface area contributed by atoms with E-state index in [0.29, 0.717) is 72.6 Å². The number of H-pyrrole nitrogens is 1. The van der Waals surface area contributed by atoms with E-state index in [2.05, 4.69) is 36.3 Å². The van der Waals surface area contributed by atoms with Crippen LogP contribution in [-0.2, 0) is 11.2 Å². The second-order valence-electron chi connectivity index (χ2n) is 15.9. The molecule has 1 saturated heterocycles. The number of aromatic amines is 1. The first-order chi connectivity index (χ1) is 30.9. The molecule has 63 heavy (non-hydrogen) atoms. The summed E-state index contributed by atoms with van der Waals surface area (Å²) in [7, 11) is 0. The molecule has 10 rings (SSSR count). The molecule has 1 aliphatic carbocycles. The number of fused-ring (bicyclic) bond motifs is 2. The number of para-hydroxylation sites is 3. The predicted octanol–water partition coefficient (Wildman–Crippen LogP) is 9.28. The van der Waals surface area contributed by atoms with Crippen LogP contribution < -0.4 is 14.8 Å². The molecule has 0 spiro atoms. The maximum absolute atomic E-state index is 13.8. The third-order valence-electron chi connectivity index (χ3n) is 11.7. The molecule has 0 bridgehead atoms. The Morgan fingerprint density at radius 3 is 2.24 bits per heavy atom. The highest BCUT2D eigenvalue weighted by Gasteiger charge is 2.30. The summed E-state index contributed by atoms with van der Waals surface area (Å²) in [4.78, 5) is 59.8. The Bertz CT molecular complexity index is 2850. The molecule has 316 valence electrons. The maximum Gasteiger partial charge on any atom is 0.241 e. The number of aliphatic hydroxyl groups is 1. The Balaban J connectivity index is 0.780. The van der Waals surface area contributed by atoms with E-state index >= 15 is 0 Å². The number of nitrogens with one attached hydrogen (secondary N) is 2. The van der Waals surface area contributed by atoms with Crippen LogP contribution in [0, 0.1) is 0 Å². The molecule has 8 aromatic rings. The third-order valence-corrected chi connectivity index (χ3v) is 12.6. The highest BCUT2D eigenvalue weighted by Crippen LogP contribution is 2.38. The van der Waals surface area contributed by atoms with Gasteiger partial charge in [-0.05, 0) is 105 Å². The lowest BCUT2D eigenvalue weighted by molar-refractivity contribution is -0.131. The van der Waals surface area contributed by atoms with Gasteiger partial charge in [-0.1, -0.05) is 42.0 Å². The minimum atomic E-state index is -0.404. The number of carbonyl (C=O) groups excluding carboxylic acids is 2. The van der Waals surface area contributed by atoms with Gasteiger partial charge >= 0.3 is 0 Å². The molecule has 2 aliphatic rings. The molecular weight excluding hydrogens is 815 g/mol. The largest absolute Gasteiger partial charge is 0.437 e. The van der Waals surface area contributed by atoms with Gasteiger partial charge in [0.2, 0.25) is 23.5 Å². The monoisotopic (exact) mass is 857 g/mol. The van der Waals surface area contributed by atoms with Crippen LogP contribution in [0.25, 0.3) is 21.3 Å². The van der Waals surface area contributed by atoms with E-state index in [1.165, 1.54) is 0 Å². The first-order valence-electron chi connectivity index (χ1n) is 21.2. The lowest BCUT2D eigenvalue weighted by Gasteiger charge is -2.32. The van der Waals surface area contributed by atoms with Crippen molar-refractivity contribution >= 4 is 55.1 Å². The number of hydrogen-bond acceptors (Lipinski definition) is 13. The fourth-order valence-electron chi connectivity index (χ4n) is 8.38. The fourth-order valence-corrected chi connectivity index (χ4v) is 9.27. The van der Waals surface area contributed by atoms with Crippen LogP contribution in [0.4, 0.5) is 10.8 Å². The van der Waals surface area contributed by atoms with E-state index in [9.17, 15) is 14.7 Å². The van der Waals surface area contributed by atoms with Gasteiger partial charge in [0.25, 0.3) is 0 Å². The third kappa shape index (κ3) is 8.97. The lowest BCUT2D eigenvalue weighted by Crippen LogP contribution is -2.39. The Labute approximate surface area is 366 Å². The summed E-state index contributed by atoms with van der Waals surface area (Å²) in [5, 5.41) is 14.7. The minimum absolute atomic E-state index is 0.00730. The van der Waals surface area contributed by atoms with Gasteiger partial charge in [-0.15, -0.1) is 0 Å². The van der Waals surface area contributed by atoms with Crippen LogP contribution in [0.15, 0.2) is 116 Å². The van der Waals surface area contributed by atoms with Crippen molar-refractivity contribution in [3.63, 3.8) is 0 Å². The molecule has 1 saturated carbocycles. The molecule has 2 atom stereocenters. The summed E-state index contributed by atoms with van der Waals surface area (Å²) < 4.78 is 13.8. The van der Waals surface area contributed by atoms with E-state index in [4.69, 9.17) is 19.4 Å². The van der Waals surface area contributed by atoms with Crippen LogP contribution >= 0.6 is 11.3 Å². The number of ketones is 1. The Kier molecular flexibility index (Phi) is 11.2. The fraction of sp³-hybridized carbons (Fsp3) is 0.250. The van der Waals surface area contributed by atoms with Crippen molar-refractivity contribution in [1.82, 2.24) is 39.8 Å². The van der Waals surface area contributed by atoms with Crippen molar-refractivity contribution in [3.05, 3.63) is 144 Å². The van der Waals surface area contributed by atoms with Crippen molar-refractivity contribution in [2.24, 2.45) is 0 Å². The number of nitrogens with zero attached hydrogens (tertiary/aromatic N) is 7. The van der Waals surface area contributed by atoms with Crippen LogP contribution in [-0.4, -0.2) is 75.8 Å². The van der Waals surface area contributed by atoms with E-state index in [-0.39, 0.29) is 35.8 Å². The van der Waals surface area contributed by atoms with Crippen molar-refractivity contribution in [3.8, 4) is 23.3 Å². The zero-order chi connectivity index (χ0) is 42.7. The van der Waals surface area contributed by atoms with Crippen LogP contribution in [0.3, 0.4) is 0 Å². The molecule has 2 unspecified atom stereocenters. The lowest BCUT2D eigenvalue weighted by atomic mass is 9.85. The number of hydrogen-bond donors (Lipinski definition) is 3. The number of carbonyl (C=O) groups is 2. The quantitative estimate of drug-likeness (QED) is 0.0993. The molecule has 4 aromatic carbocycles. The van der Waals surface area contributed by atoms with E-state index in [1.54, 1.807) is 54.2 Å². The first-order valence-corrected chi connectivity index (χ1v) is 22.0. The number of likely N-dealkylation sites (tertiary alicyclic amines) is 1. The van der Waals surface area contributed by atoms with Gasteiger partial charge in [0.05, 0.1) is 39.5 Å². The zero-order valence-corrected chi connectivity index (χ0v) is 35.0. The number of benzene rings is 4. The first kappa shape index (κ1) is 40.0. The predicted molar refractivity (Wildman–Crippen MR) is 239 cm³/mol. The number of rotatable bonds is 12. The minimum Gasteiger partial charge on any atom is -0.437 e. The average molecular weight is 858 g/mol. The molecule has 2 fully saturated rings. The van der Waals surface area contributed by atoms with Crippen LogP contribution in [0.2, 0.25) is 0 Å². The second kappa shape index (κ2) is 17.7. The van der Waals surface area contributed by atoms with E-state index in [1.807, 2.05) is 71.6 Å². The van der Waals surface area contributed by atoms with Gasteiger partial charge in [-0.3, -0.25) is 19.6 Å². The van der Waals surface area contributed by atoms with Gasteiger partial charge in [0.15, 0.2) is 11.0 Å². The summed E-state index contributed by atoms with van der Waals surface area (Å²) in [5.74, 6) is 1.89. The normalized spacial score (nSPS) is 16.9. The molecule has 15 heteroatoms. The van der Waals surface area contributed by atoms with E-state index < -0.39 is 6.10 Å². The van der Waals surface area contributed by atoms with Crippen LogP contribution in [0.1, 0.15) is 83.6 Å². The summed E-state index contributed by atoms with van der Waals surface area (Å²) in [6.45, 7) is 1.06. The zero-order valence-electron chi connectivity index (χ0n) is 34.2. The molecule has 3 N–H and O–H groups in total. The number of thiazole rings is 1. The molecule has 0 radical (unpaired) electrons. The summed E-state index contributed by atoms with van der Waals surface area (Å²) in [6.07, 6.45) is 9.05. The molecule has 5 heterocycles. The number of piperidine rings is 1. The molecule has 4 aromatic heterocycles.